The van der Waals surface area contributed by atoms with E-state index in [0.717, 1.165) is 38.6 Å². The molecule has 0 heterocycles. The molecule has 1 atom stereocenters. The third-order valence-corrected chi connectivity index (χ3v) is 5.26. The minimum atomic E-state index is -0.900. The molecule has 136 valence electrons. The van der Waals surface area contributed by atoms with Crippen LogP contribution in [-0.4, -0.2) is 13.1 Å². The number of benzene rings is 3. The van der Waals surface area contributed by atoms with Crippen molar-refractivity contribution in [1.82, 2.24) is 0 Å². The van der Waals surface area contributed by atoms with Crippen LogP contribution in [0.2, 0.25) is 0 Å². The lowest BCUT2D eigenvalue weighted by molar-refractivity contribution is -0.150. The number of carbonyl (C=O) groups excluding carboxylic acids is 1. The van der Waals surface area contributed by atoms with Gasteiger partial charge in [-0.05, 0) is 47.4 Å². The topological polar surface area (TPSA) is 35.5 Å². The van der Waals surface area contributed by atoms with E-state index in [1.165, 1.54) is 0 Å². The molecule has 1 unspecified atom stereocenters. The summed E-state index contributed by atoms with van der Waals surface area (Å²) in [5, 5.41) is 2.26. The molecular formula is C24H22O3. The Morgan fingerprint density at radius 2 is 1.78 bits per heavy atom. The standard InChI is InChI=1S/C24H22O3/c1-15(2)23(25)27-24(3)20-10-6-8-17-7-5-9-19(22(17)20)18-12-11-16(14-26-4)13-21(18)24/h5-13H,1,14H2,2-4H3. The van der Waals surface area contributed by atoms with Crippen molar-refractivity contribution in [2.75, 3.05) is 7.11 Å². The van der Waals surface area contributed by atoms with Crippen LogP contribution < -0.4 is 0 Å². The van der Waals surface area contributed by atoms with Gasteiger partial charge in [0.1, 0.15) is 0 Å². The third kappa shape index (κ3) is 2.66. The van der Waals surface area contributed by atoms with Gasteiger partial charge < -0.3 is 9.47 Å². The van der Waals surface area contributed by atoms with Gasteiger partial charge in [0.05, 0.1) is 6.61 Å². The summed E-state index contributed by atoms with van der Waals surface area (Å²) >= 11 is 0. The molecule has 3 aromatic rings. The normalized spacial score (nSPS) is 17.4. The summed E-state index contributed by atoms with van der Waals surface area (Å²) in [6.45, 7) is 7.90. The van der Waals surface area contributed by atoms with E-state index in [4.69, 9.17) is 9.47 Å². The van der Waals surface area contributed by atoms with Crippen molar-refractivity contribution in [3.8, 4) is 11.1 Å². The Labute approximate surface area is 159 Å². The second-order valence-electron chi connectivity index (χ2n) is 7.23. The fourth-order valence-corrected chi connectivity index (χ4v) is 3.97. The van der Waals surface area contributed by atoms with Gasteiger partial charge >= 0.3 is 5.97 Å². The average molecular weight is 358 g/mol. The van der Waals surface area contributed by atoms with Crippen molar-refractivity contribution >= 4 is 16.7 Å². The number of methoxy groups -OCH3 is 1. The summed E-state index contributed by atoms with van der Waals surface area (Å²) in [4.78, 5) is 12.5. The van der Waals surface area contributed by atoms with E-state index in [9.17, 15) is 4.79 Å². The zero-order chi connectivity index (χ0) is 19.2. The zero-order valence-corrected chi connectivity index (χ0v) is 15.8. The number of rotatable bonds is 4. The lowest BCUT2D eigenvalue weighted by Crippen LogP contribution is -2.33. The van der Waals surface area contributed by atoms with Crippen LogP contribution in [0.1, 0.15) is 30.5 Å². The van der Waals surface area contributed by atoms with Gasteiger partial charge in [0, 0.05) is 23.8 Å². The smallest absolute Gasteiger partial charge is 0.334 e. The van der Waals surface area contributed by atoms with Gasteiger partial charge in [-0.15, -0.1) is 0 Å². The van der Waals surface area contributed by atoms with Gasteiger partial charge in [0.25, 0.3) is 0 Å². The molecule has 1 aliphatic rings. The fourth-order valence-electron chi connectivity index (χ4n) is 3.97. The molecule has 3 heteroatoms. The highest BCUT2D eigenvalue weighted by atomic mass is 16.6. The number of carbonyl (C=O) groups is 1. The van der Waals surface area contributed by atoms with Gasteiger partial charge in [0.2, 0.25) is 0 Å². The highest BCUT2D eigenvalue weighted by Crippen LogP contribution is 2.49. The van der Waals surface area contributed by atoms with Gasteiger partial charge in [-0.25, -0.2) is 4.79 Å². The zero-order valence-electron chi connectivity index (χ0n) is 15.8. The Morgan fingerprint density at radius 3 is 2.48 bits per heavy atom. The number of hydrogen-bond acceptors (Lipinski definition) is 3. The molecule has 0 bridgehead atoms. The predicted octanol–water partition coefficient (Wildman–Crippen LogP) is 5.35. The van der Waals surface area contributed by atoms with Crippen molar-refractivity contribution in [1.29, 1.82) is 0 Å². The van der Waals surface area contributed by atoms with Crippen LogP contribution in [0.25, 0.3) is 21.9 Å². The van der Waals surface area contributed by atoms with E-state index in [-0.39, 0.29) is 0 Å². The minimum Gasteiger partial charge on any atom is -0.446 e. The third-order valence-electron chi connectivity index (χ3n) is 5.26. The van der Waals surface area contributed by atoms with Crippen LogP contribution in [0.3, 0.4) is 0 Å². The fraction of sp³-hybridized carbons (Fsp3) is 0.208. The quantitative estimate of drug-likeness (QED) is 0.466. The van der Waals surface area contributed by atoms with E-state index >= 15 is 0 Å². The van der Waals surface area contributed by atoms with Crippen LogP contribution in [0.15, 0.2) is 66.7 Å². The SMILES string of the molecule is C=C(C)C(=O)OC1(C)c2cc(COC)ccc2-c2cccc3cccc1c23. The second kappa shape index (κ2) is 6.36. The highest BCUT2D eigenvalue weighted by Gasteiger charge is 2.40. The summed E-state index contributed by atoms with van der Waals surface area (Å²) in [5.74, 6) is -0.392. The predicted molar refractivity (Wildman–Crippen MR) is 107 cm³/mol. The van der Waals surface area contributed by atoms with Crippen LogP contribution in [0.5, 0.6) is 0 Å². The average Bonchev–Trinajstić information content (AvgIpc) is 2.66. The lowest BCUT2D eigenvalue weighted by atomic mass is 9.74. The van der Waals surface area contributed by atoms with Crippen molar-refractivity contribution in [3.63, 3.8) is 0 Å². The van der Waals surface area contributed by atoms with E-state index in [2.05, 4.69) is 49.0 Å². The van der Waals surface area contributed by atoms with Crippen LogP contribution in [0.4, 0.5) is 0 Å². The van der Waals surface area contributed by atoms with E-state index in [1.807, 2.05) is 19.1 Å². The minimum absolute atomic E-state index is 0.386. The largest absolute Gasteiger partial charge is 0.446 e. The molecule has 4 rings (SSSR count). The van der Waals surface area contributed by atoms with Crippen LogP contribution >= 0.6 is 0 Å². The molecule has 0 spiro atoms. The molecule has 0 amide bonds. The molecule has 0 aromatic heterocycles. The van der Waals surface area contributed by atoms with E-state index in [0.29, 0.717) is 12.2 Å². The van der Waals surface area contributed by atoms with Crippen molar-refractivity contribution in [2.24, 2.45) is 0 Å². The molecule has 0 N–H and O–H groups in total. The first-order chi connectivity index (χ1) is 13.0. The molecule has 0 radical (unpaired) electrons. The molecule has 3 aromatic carbocycles. The number of ether oxygens (including phenoxy) is 2. The highest BCUT2D eigenvalue weighted by molar-refractivity contribution is 6.03. The molecule has 3 nitrogen and oxygen atoms in total. The maximum Gasteiger partial charge on any atom is 0.334 e. The Balaban J connectivity index is 2.06. The van der Waals surface area contributed by atoms with Gasteiger partial charge in [-0.1, -0.05) is 55.1 Å². The maximum absolute atomic E-state index is 12.5. The van der Waals surface area contributed by atoms with E-state index in [1.54, 1.807) is 14.0 Å². The Kier molecular flexibility index (Phi) is 4.12. The Hall–Kier alpha value is -2.91. The molecular weight excluding hydrogens is 336 g/mol. The molecule has 0 aliphatic heterocycles. The van der Waals surface area contributed by atoms with Crippen molar-refractivity contribution in [3.05, 3.63) is 83.4 Å². The maximum atomic E-state index is 12.5. The van der Waals surface area contributed by atoms with E-state index < -0.39 is 11.6 Å². The Morgan fingerprint density at radius 1 is 1.04 bits per heavy atom. The molecule has 0 saturated heterocycles. The first-order valence-electron chi connectivity index (χ1n) is 8.99. The molecule has 27 heavy (non-hydrogen) atoms. The van der Waals surface area contributed by atoms with Crippen molar-refractivity contribution < 1.29 is 14.3 Å². The van der Waals surface area contributed by atoms with Gasteiger partial charge in [-0.2, -0.15) is 0 Å². The van der Waals surface area contributed by atoms with Crippen LogP contribution in [-0.2, 0) is 26.5 Å². The summed E-state index contributed by atoms with van der Waals surface area (Å²) in [5.41, 5.74) is 4.73. The lowest BCUT2D eigenvalue weighted by Gasteiger charge is -2.37. The summed E-state index contributed by atoms with van der Waals surface area (Å²) in [6.07, 6.45) is 0. The van der Waals surface area contributed by atoms with Crippen molar-refractivity contribution in [2.45, 2.75) is 26.1 Å². The molecule has 0 saturated carbocycles. The monoisotopic (exact) mass is 358 g/mol. The first kappa shape index (κ1) is 17.5. The summed E-state index contributed by atoms with van der Waals surface area (Å²) in [7, 11) is 1.68. The van der Waals surface area contributed by atoms with Crippen LogP contribution in [0, 0.1) is 0 Å². The Bertz CT molecular complexity index is 1070. The second-order valence-corrected chi connectivity index (χ2v) is 7.23. The molecule has 1 aliphatic carbocycles. The number of fused-ring (bicyclic) bond motifs is 2. The number of hydrogen-bond donors (Lipinski definition) is 0. The first-order valence-corrected chi connectivity index (χ1v) is 8.99. The summed E-state index contributed by atoms with van der Waals surface area (Å²) < 4.78 is 11.4. The van der Waals surface area contributed by atoms with Gasteiger partial charge in [0.15, 0.2) is 5.60 Å². The van der Waals surface area contributed by atoms with Gasteiger partial charge in [-0.3, -0.25) is 0 Å². The summed E-state index contributed by atoms with van der Waals surface area (Å²) in [6, 6.07) is 18.7. The number of esters is 1. The molecule has 0 fully saturated rings.